The number of hydrogen-bond donors (Lipinski definition) is 3. The number of rotatable bonds is 82. The predicted molar refractivity (Wildman–Crippen MR) is 428 cm³/mol. The van der Waals surface area contributed by atoms with Crippen LogP contribution in [0.5, 0.6) is 0 Å². The molecule has 104 heavy (non-hydrogen) atoms. The van der Waals surface area contributed by atoms with E-state index < -0.39 is 97.5 Å². The summed E-state index contributed by atoms with van der Waals surface area (Å²) in [6, 6.07) is 0. The van der Waals surface area contributed by atoms with Crippen molar-refractivity contribution in [2.45, 2.75) is 459 Å². The summed E-state index contributed by atoms with van der Waals surface area (Å²) < 4.78 is 68.8. The van der Waals surface area contributed by atoms with Crippen LogP contribution in [0.15, 0.2) is 0 Å². The van der Waals surface area contributed by atoms with Crippen molar-refractivity contribution in [2.24, 2.45) is 23.7 Å². The van der Waals surface area contributed by atoms with Crippen LogP contribution in [0.3, 0.4) is 0 Å². The lowest BCUT2D eigenvalue weighted by atomic mass is 9.99. The van der Waals surface area contributed by atoms with Crippen molar-refractivity contribution in [2.75, 3.05) is 39.6 Å². The molecule has 3 N–H and O–H groups in total. The molecule has 0 aromatic heterocycles. The monoisotopic (exact) mass is 1520 g/mol. The first-order valence-corrected chi connectivity index (χ1v) is 46.8. The van der Waals surface area contributed by atoms with Gasteiger partial charge in [0, 0.05) is 25.7 Å². The molecule has 7 atom stereocenters. The third-order valence-corrected chi connectivity index (χ3v) is 22.4. The van der Waals surface area contributed by atoms with Crippen molar-refractivity contribution in [3.8, 4) is 0 Å². The summed E-state index contributed by atoms with van der Waals surface area (Å²) in [5.74, 6) is 1.07. The second kappa shape index (κ2) is 73.8. The van der Waals surface area contributed by atoms with Crippen molar-refractivity contribution in [3.63, 3.8) is 0 Å². The minimum absolute atomic E-state index is 0.106. The summed E-state index contributed by atoms with van der Waals surface area (Å²) in [5.41, 5.74) is 0. The third kappa shape index (κ3) is 75.5. The van der Waals surface area contributed by atoms with Gasteiger partial charge in [-0.1, -0.05) is 389 Å². The van der Waals surface area contributed by atoms with E-state index in [4.69, 9.17) is 37.0 Å². The van der Waals surface area contributed by atoms with Gasteiger partial charge in [-0.2, -0.15) is 0 Å². The SMILES string of the molecule is CCC(C)CCCCCCCCCCCCCCCCC(=O)O[C@H](COC(=O)CCCCCCCCCCCCCCCCCCC(C)C)COP(=O)(O)OC[C@@H](O)COP(=O)(O)OC[C@@H](COC(=O)CCCCCCCCC(C)C)OC(=O)CCCCCCCCCCCCCCCCC(C)CC. The molecule has 0 heterocycles. The van der Waals surface area contributed by atoms with Crippen molar-refractivity contribution in [3.05, 3.63) is 0 Å². The summed E-state index contributed by atoms with van der Waals surface area (Å²) in [6.07, 6.45) is 62.5. The maximum absolute atomic E-state index is 13.1. The van der Waals surface area contributed by atoms with Crippen molar-refractivity contribution in [1.82, 2.24) is 0 Å². The van der Waals surface area contributed by atoms with E-state index in [9.17, 15) is 43.2 Å². The third-order valence-electron chi connectivity index (χ3n) is 20.5. The number of carbonyl (C=O) groups excluding carboxylic acids is 4. The number of hydrogen-bond acceptors (Lipinski definition) is 15. The van der Waals surface area contributed by atoms with Gasteiger partial charge in [-0.05, 0) is 49.4 Å². The molecule has 17 nitrogen and oxygen atoms in total. The number of ether oxygens (including phenoxy) is 4. The Hall–Kier alpha value is -1.94. The number of phosphoric ester groups is 2. The molecule has 0 saturated carbocycles. The molecule has 0 aliphatic heterocycles. The predicted octanol–water partition coefficient (Wildman–Crippen LogP) is 25.6. The first-order valence-electron chi connectivity index (χ1n) is 43.8. The zero-order valence-electron chi connectivity index (χ0n) is 68.7. The molecule has 0 radical (unpaired) electrons. The molecule has 618 valence electrons. The van der Waals surface area contributed by atoms with Crippen LogP contribution in [-0.2, 0) is 65.4 Å². The fourth-order valence-corrected chi connectivity index (χ4v) is 14.7. The molecule has 0 bridgehead atoms. The first-order chi connectivity index (χ1) is 50.2. The number of carbonyl (C=O) groups is 4. The Balaban J connectivity index is 5.22. The molecule has 0 amide bonds. The molecule has 19 heteroatoms. The molecule has 0 aromatic rings. The molecule has 0 fully saturated rings. The van der Waals surface area contributed by atoms with E-state index in [1.807, 2.05) is 0 Å². The van der Waals surface area contributed by atoms with E-state index in [1.165, 1.54) is 238 Å². The van der Waals surface area contributed by atoms with E-state index in [0.717, 1.165) is 114 Å². The van der Waals surface area contributed by atoms with Gasteiger partial charge in [-0.25, -0.2) is 9.13 Å². The topological polar surface area (TPSA) is 237 Å². The highest BCUT2D eigenvalue weighted by Crippen LogP contribution is 2.45. The van der Waals surface area contributed by atoms with Crippen LogP contribution in [0, 0.1) is 23.7 Å². The Labute approximate surface area is 638 Å². The van der Waals surface area contributed by atoms with E-state index in [0.29, 0.717) is 31.6 Å². The van der Waals surface area contributed by atoms with Gasteiger partial charge < -0.3 is 33.8 Å². The van der Waals surface area contributed by atoms with E-state index in [1.54, 1.807) is 0 Å². The summed E-state index contributed by atoms with van der Waals surface area (Å²) in [7, 11) is -9.93. The number of aliphatic hydroxyl groups is 1. The molecule has 0 aromatic carbocycles. The molecular formula is C85H166O17P2. The summed E-state index contributed by atoms with van der Waals surface area (Å²) in [4.78, 5) is 73.1. The van der Waals surface area contributed by atoms with E-state index in [-0.39, 0.29) is 25.7 Å². The fourth-order valence-electron chi connectivity index (χ4n) is 13.1. The minimum atomic E-state index is -4.97. The summed E-state index contributed by atoms with van der Waals surface area (Å²) >= 11 is 0. The first kappa shape index (κ1) is 102. The van der Waals surface area contributed by atoms with Gasteiger partial charge in [0.2, 0.25) is 0 Å². The van der Waals surface area contributed by atoms with Crippen LogP contribution in [-0.4, -0.2) is 96.7 Å². The highest BCUT2D eigenvalue weighted by molar-refractivity contribution is 7.47. The number of aliphatic hydroxyl groups excluding tert-OH is 1. The average molecular weight is 1520 g/mol. The van der Waals surface area contributed by atoms with Crippen LogP contribution >= 0.6 is 15.6 Å². The lowest BCUT2D eigenvalue weighted by Crippen LogP contribution is -2.30. The number of esters is 4. The summed E-state index contributed by atoms with van der Waals surface area (Å²) in [6.45, 7) is 14.3. The summed E-state index contributed by atoms with van der Waals surface area (Å²) in [5, 5.41) is 10.7. The lowest BCUT2D eigenvalue weighted by Gasteiger charge is -2.21. The standard InChI is InChI=1S/C85H166O17P2/c1-9-77(7)63-55-47-38-32-26-20-15-17-23-29-35-41-51-59-67-84(89)101-80(71-95-82(87)65-57-49-40-34-28-22-14-12-11-13-19-25-31-37-45-53-61-75(3)4)73-99-103(91,92)97-69-79(86)70-98-104(93,94)100-74-81(72-96-83(88)66-58-50-44-43-46-54-62-76(5)6)102-85(90)68-60-52-42-36-30-24-18-16-21-27-33-39-48-56-64-78(8)10-2/h75-81,86H,9-74H2,1-8H3,(H,91,92)(H,93,94)/t77?,78?,79-,80-,81-/m1/s1. The maximum Gasteiger partial charge on any atom is 0.472 e. The zero-order chi connectivity index (χ0) is 76.7. The van der Waals surface area contributed by atoms with Crippen LogP contribution < -0.4 is 0 Å². The Kier molecular flexibility index (Phi) is 72.5. The fraction of sp³-hybridized carbons (Fsp3) is 0.953. The van der Waals surface area contributed by atoms with Gasteiger partial charge in [0.25, 0.3) is 0 Å². The molecule has 0 aliphatic carbocycles. The number of phosphoric acid groups is 2. The largest absolute Gasteiger partial charge is 0.472 e. The smallest absolute Gasteiger partial charge is 0.462 e. The Morgan fingerprint density at radius 1 is 0.269 bits per heavy atom. The Morgan fingerprint density at radius 2 is 0.462 bits per heavy atom. The van der Waals surface area contributed by atoms with Crippen LogP contribution in [0.4, 0.5) is 0 Å². The molecule has 0 rings (SSSR count). The lowest BCUT2D eigenvalue weighted by molar-refractivity contribution is -0.161. The van der Waals surface area contributed by atoms with Gasteiger partial charge in [-0.15, -0.1) is 0 Å². The van der Waals surface area contributed by atoms with Crippen LogP contribution in [0.1, 0.15) is 441 Å². The van der Waals surface area contributed by atoms with Crippen LogP contribution in [0.2, 0.25) is 0 Å². The van der Waals surface area contributed by atoms with Crippen molar-refractivity contribution in [1.29, 1.82) is 0 Å². The van der Waals surface area contributed by atoms with Gasteiger partial charge in [-0.3, -0.25) is 37.3 Å². The zero-order valence-corrected chi connectivity index (χ0v) is 70.5. The Bertz CT molecular complexity index is 2030. The number of unbranched alkanes of at least 4 members (excludes halogenated alkanes) is 46. The normalized spacial score (nSPS) is 14.5. The van der Waals surface area contributed by atoms with E-state index >= 15 is 0 Å². The minimum Gasteiger partial charge on any atom is -0.462 e. The molecule has 4 unspecified atom stereocenters. The maximum atomic E-state index is 13.1. The van der Waals surface area contributed by atoms with Crippen molar-refractivity contribution >= 4 is 39.5 Å². The van der Waals surface area contributed by atoms with Gasteiger partial charge in [0.1, 0.15) is 19.3 Å². The van der Waals surface area contributed by atoms with Gasteiger partial charge in [0.15, 0.2) is 12.2 Å². The molecular weight excluding hydrogens is 1350 g/mol. The van der Waals surface area contributed by atoms with E-state index in [2.05, 4.69) is 55.4 Å². The van der Waals surface area contributed by atoms with Crippen molar-refractivity contribution < 1.29 is 80.2 Å². The molecule has 0 aliphatic rings. The highest BCUT2D eigenvalue weighted by Gasteiger charge is 2.30. The van der Waals surface area contributed by atoms with Crippen LogP contribution in [0.25, 0.3) is 0 Å². The molecule has 0 spiro atoms. The molecule has 0 saturated heterocycles. The van der Waals surface area contributed by atoms with Gasteiger partial charge in [0.05, 0.1) is 26.4 Å². The Morgan fingerprint density at radius 3 is 0.683 bits per heavy atom. The average Bonchev–Trinajstić information content (AvgIpc) is 0.937. The highest BCUT2D eigenvalue weighted by atomic mass is 31.2. The van der Waals surface area contributed by atoms with Gasteiger partial charge >= 0.3 is 39.5 Å². The quantitative estimate of drug-likeness (QED) is 0.0222. The second-order valence-electron chi connectivity index (χ2n) is 32.0. The second-order valence-corrected chi connectivity index (χ2v) is 34.9.